The van der Waals surface area contributed by atoms with Crippen molar-refractivity contribution < 1.29 is 5.11 Å². The number of aliphatic hydroxyl groups is 1. The molecule has 0 spiro atoms. The van der Waals surface area contributed by atoms with E-state index >= 15 is 0 Å². The molecule has 1 aliphatic rings. The van der Waals surface area contributed by atoms with E-state index in [9.17, 15) is 5.11 Å². The van der Waals surface area contributed by atoms with Crippen LogP contribution in [0, 0.1) is 0 Å². The van der Waals surface area contributed by atoms with Gasteiger partial charge in [0, 0.05) is 0 Å². The molecule has 104 valence electrons. The summed E-state index contributed by atoms with van der Waals surface area (Å²) in [5, 5.41) is 15.0. The molecular weight excluding hydrogens is 254 g/mol. The first-order valence-corrected chi connectivity index (χ1v) is 8.51. The molecule has 19 heavy (non-hydrogen) atoms. The lowest BCUT2D eigenvalue weighted by molar-refractivity contribution is 0.243. The average Bonchev–Trinajstić information content (AvgIpc) is 2.86. The Hall–Kier alpha value is -1.03. The summed E-state index contributed by atoms with van der Waals surface area (Å²) in [5.41, 5.74) is 2.16. The molecule has 0 aromatic heterocycles. The zero-order valence-corrected chi connectivity index (χ0v) is 12.7. The Kier molecular flexibility index (Phi) is 4.50. The second kappa shape index (κ2) is 5.95. The van der Waals surface area contributed by atoms with Gasteiger partial charge in [0.25, 0.3) is 0 Å². The summed E-state index contributed by atoms with van der Waals surface area (Å²) in [6.07, 6.45) is 4.01. The Labute approximate surface area is 117 Å². The van der Waals surface area contributed by atoms with Crippen molar-refractivity contribution in [2.45, 2.75) is 25.2 Å². The van der Waals surface area contributed by atoms with Crippen molar-refractivity contribution in [1.82, 2.24) is 4.31 Å². The number of aliphatic hydroxyl groups excluding tert-OH is 1. The molecule has 0 saturated carbocycles. The summed E-state index contributed by atoms with van der Waals surface area (Å²) in [6, 6.07) is 10.4. The van der Waals surface area contributed by atoms with Gasteiger partial charge in [-0.15, -0.1) is 10.2 Å². The van der Waals surface area contributed by atoms with Gasteiger partial charge in [-0.25, -0.2) is 0 Å². The van der Waals surface area contributed by atoms with Crippen molar-refractivity contribution in [3.8, 4) is 0 Å². The Morgan fingerprint density at radius 2 is 1.89 bits per heavy atom. The number of hydrogen-bond acceptors (Lipinski definition) is 2. The second-order valence-electron chi connectivity index (χ2n) is 5.02. The fourth-order valence-corrected chi connectivity index (χ4v) is 5.29. The first-order valence-electron chi connectivity index (χ1n) is 6.73. The number of allylic oxidation sites excluding steroid dienone is 2. The maximum absolute atomic E-state index is 10.5. The lowest BCUT2D eigenvalue weighted by Crippen LogP contribution is -2.26. The molecular formula is C16H23NOS. The fraction of sp³-hybridized carbons (Fsp3) is 0.375. The van der Waals surface area contributed by atoms with E-state index < -0.39 is 10.2 Å². The highest BCUT2D eigenvalue weighted by molar-refractivity contribution is 8.37. The number of nitrogens with zero attached hydrogens (tertiary/aromatic N) is 1. The van der Waals surface area contributed by atoms with Gasteiger partial charge in [0.15, 0.2) is 0 Å². The van der Waals surface area contributed by atoms with Gasteiger partial charge < -0.3 is 5.11 Å². The summed E-state index contributed by atoms with van der Waals surface area (Å²) in [4.78, 5) is 0. The maximum atomic E-state index is 10.5. The molecule has 3 heteroatoms. The topological polar surface area (TPSA) is 23.5 Å². The highest BCUT2D eigenvalue weighted by Crippen LogP contribution is 2.62. The molecule has 1 aliphatic heterocycles. The number of benzene rings is 1. The fourth-order valence-electron chi connectivity index (χ4n) is 2.33. The molecule has 0 amide bonds. The molecule has 0 aliphatic carbocycles. The normalized spacial score (nSPS) is 27.1. The first kappa shape index (κ1) is 14.4. The van der Waals surface area contributed by atoms with E-state index in [1.165, 1.54) is 11.1 Å². The van der Waals surface area contributed by atoms with Crippen molar-refractivity contribution >= 4 is 15.8 Å². The predicted octanol–water partition coefficient (Wildman–Crippen LogP) is 3.95. The van der Waals surface area contributed by atoms with Gasteiger partial charge in [-0.05, 0) is 48.5 Å². The summed E-state index contributed by atoms with van der Waals surface area (Å²) >= 11 is 0. The third kappa shape index (κ3) is 2.78. The van der Waals surface area contributed by atoms with E-state index in [1.54, 1.807) is 0 Å². The predicted molar refractivity (Wildman–Crippen MR) is 85.8 cm³/mol. The van der Waals surface area contributed by atoms with Gasteiger partial charge in [0.1, 0.15) is 5.44 Å². The van der Waals surface area contributed by atoms with Crippen LogP contribution in [0.4, 0.5) is 0 Å². The van der Waals surface area contributed by atoms with E-state index in [2.05, 4.69) is 66.5 Å². The number of rotatable bonds is 5. The van der Waals surface area contributed by atoms with Gasteiger partial charge in [-0.3, -0.25) is 4.31 Å². The lowest BCUT2D eigenvalue weighted by Gasteiger charge is -2.42. The Morgan fingerprint density at radius 3 is 2.47 bits per heavy atom. The molecule has 2 rings (SSSR count). The third-order valence-electron chi connectivity index (χ3n) is 3.49. The quantitative estimate of drug-likeness (QED) is 0.880. The molecule has 0 bridgehead atoms. The molecule has 2 atom stereocenters. The minimum absolute atomic E-state index is 0.287. The van der Waals surface area contributed by atoms with Gasteiger partial charge >= 0.3 is 0 Å². The van der Waals surface area contributed by atoms with E-state index in [1.807, 2.05) is 6.07 Å². The van der Waals surface area contributed by atoms with Crippen LogP contribution in [0.25, 0.3) is 5.57 Å². The zero-order valence-electron chi connectivity index (χ0n) is 11.9. The summed E-state index contributed by atoms with van der Waals surface area (Å²) < 4.78 is 2.18. The average molecular weight is 277 g/mol. The zero-order chi connectivity index (χ0) is 13.9. The molecule has 1 N–H and O–H groups in total. The monoisotopic (exact) mass is 277 g/mol. The van der Waals surface area contributed by atoms with E-state index in [4.69, 9.17) is 0 Å². The summed E-state index contributed by atoms with van der Waals surface area (Å²) in [6.45, 7) is 2.12. The van der Waals surface area contributed by atoms with E-state index in [-0.39, 0.29) is 5.44 Å². The molecule has 2 unspecified atom stereocenters. The summed E-state index contributed by atoms with van der Waals surface area (Å²) in [5.74, 6) is 0. The minimum atomic E-state index is -1.37. The lowest BCUT2D eigenvalue weighted by atomic mass is 10.1. The highest BCUT2D eigenvalue weighted by atomic mass is 32.3. The van der Waals surface area contributed by atoms with Crippen molar-refractivity contribution in [1.29, 1.82) is 0 Å². The van der Waals surface area contributed by atoms with Crippen molar-refractivity contribution in [2.24, 2.45) is 0 Å². The van der Waals surface area contributed by atoms with Crippen LogP contribution in [-0.4, -0.2) is 28.9 Å². The molecule has 0 fully saturated rings. The maximum Gasteiger partial charge on any atom is 0.102 e. The smallest absolute Gasteiger partial charge is 0.102 e. The van der Waals surface area contributed by atoms with Gasteiger partial charge in [0.05, 0.1) is 0 Å². The Bertz CT molecular complexity index is 481. The van der Waals surface area contributed by atoms with Gasteiger partial charge in [-0.1, -0.05) is 43.7 Å². The van der Waals surface area contributed by atoms with Crippen molar-refractivity contribution in [2.75, 3.05) is 14.1 Å². The molecule has 0 radical (unpaired) electrons. The van der Waals surface area contributed by atoms with E-state index in [0.717, 1.165) is 12.8 Å². The SMILES string of the molecule is CCCC(O)S1(N(C)C)C=CC(c2ccccc2)=C1. The number of hydrogen-bond donors (Lipinski definition) is 1. The second-order valence-corrected chi connectivity index (χ2v) is 8.25. The molecule has 2 nitrogen and oxygen atoms in total. The van der Waals surface area contributed by atoms with Crippen molar-refractivity contribution in [3.63, 3.8) is 0 Å². The van der Waals surface area contributed by atoms with Gasteiger partial charge in [0.2, 0.25) is 0 Å². The summed E-state index contributed by atoms with van der Waals surface area (Å²) in [7, 11) is 2.75. The molecule has 1 aromatic rings. The Morgan fingerprint density at radius 1 is 1.21 bits per heavy atom. The van der Waals surface area contributed by atoms with Crippen LogP contribution in [0.3, 0.4) is 0 Å². The van der Waals surface area contributed by atoms with Crippen LogP contribution < -0.4 is 0 Å². The Balaban J connectivity index is 2.34. The van der Waals surface area contributed by atoms with Crippen LogP contribution >= 0.6 is 10.2 Å². The van der Waals surface area contributed by atoms with Crippen LogP contribution in [0.1, 0.15) is 25.3 Å². The van der Waals surface area contributed by atoms with Crippen LogP contribution in [0.2, 0.25) is 0 Å². The third-order valence-corrected chi connectivity index (χ3v) is 7.07. The van der Waals surface area contributed by atoms with Crippen molar-refractivity contribution in [3.05, 3.63) is 52.8 Å². The molecule has 0 saturated heterocycles. The van der Waals surface area contributed by atoms with Crippen LogP contribution in [-0.2, 0) is 0 Å². The molecule has 1 aromatic carbocycles. The standard InChI is InChI=1S/C16H23NOS/c1-4-8-16(18)19(17(2)3)12-11-15(13-19)14-9-6-5-7-10-14/h5-7,9-13,16,18H,4,8H2,1-3H3. The van der Waals surface area contributed by atoms with Gasteiger partial charge in [-0.2, -0.15) is 0 Å². The largest absolute Gasteiger partial charge is 0.382 e. The van der Waals surface area contributed by atoms with Crippen LogP contribution in [0.5, 0.6) is 0 Å². The van der Waals surface area contributed by atoms with Crippen LogP contribution in [0.15, 0.2) is 47.2 Å². The van der Waals surface area contributed by atoms with E-state index in [0.29, 0.717) is 0 Å². The highest BCUT2D eigenvalue weighted by Gasteiger charge is 2.33. The molecule has 1 heterocycles. The first-order chi connectivity index (χ1) is 9.10. The minimum Gasteiger partial charge on any atom is -0.382 e.